The zero-order valence-corrected chi connectivity index (χ0v) is 19.3. The van der Waals surface area contributed by atoms with Crippen LogP contribution in [0, 0.1) is 13.8 Å². The van der Waals surface area contributed by atoms with E-state index in [1.54, 1.807) is 23.1 Å². The summed E-state index contributed by atoms with van der Waals surface area (Å²) in [5.41, 5.74) is 6.73. The van der Waals surface area contributed by atoms with Crippen molar-refractivity contribution in [1.82, 2.24) is 9.97 Å². The van der Waals surface area contributed by atoms with Gasteiger partial charge in [0, 0.05) is 27.2 Å². The number of halogens is 1. The van der Waals surface area contributed by atoms with E-state index in [2.05, 4.69) is 22.9 Å². The smallest absolute Gasteiger partial charge is 0.240 e. The molecule has 1 amide bonds. The molecule has 9 heteroatoms. The number of aliphatic hydroxyl groups excluding tert-OH is 1. The van der Waals surface area contributed by atoms with Gasteiger partial charge in [-0.25, -0.2) is 9.97 Å². The number of benzene rings is 1. The van der Waals surface area contributed by atoms with Gasteiger partial charge >= 0.3 is 0 Å². The normalized spacial score (nSPS) is 19.2. The maximum atomic E-state index is 12.0. The molecular formula is C20H21BrN4O2S2. The molecule has 1 aromatic carbocycles. The van der Waals surface area contributed by atoms with Crippen LogP contribution in [0.3, 0.4) is 0 Å². The number of hydrogen-bond acceptors (Lipinski definition) is 7. The third kappa shape index (κ3) is 4.14. The fourth-order valence-corrected chi connectivity index (χ4v) is 5.60. The Balaban J connectivity index is 1.73. The molecule has 2 aromatic heterocycles. The van der Waals surface area contributed by atoms with Crippen molar-refractivity contribution in [2.45, 2.75) is 43.1 Å². The van der Waals surface area contributed by atoms with E-state index in [0.29, 0.717) is 30.4 Å². The topological polar surface area (TPSA) is 92.3 Å². The molecule has 29 heavy (non-hydrogen) atoms. The highest BCUT2D eigenvalue weighted by molar-refractivity contribution is 9.10. The Morgan fingerprint density at radius 2 is 2.07 bits per heavy atom. The zero-order chi connectivity index (χ0) is 20.7. The number of thiophene rings is 1. The first kappa shape index (κ1) is 20.6. The Morgan fingerprint density at radius 1 is 1.34 bits per heavy atom. The Bertz CT molecular complexity index is 1070. The minimum atomic E-state index is -0.599. The predicted octanol–water partition coefficient (Wildman–Crippen LogP) is 3.79. The summed E-state index contributed by atoms with van der Waals surface area (Å²) >= 11 is 6.74. The summed E-state index contributed by atoms with van der Waals surface area (Å²) in [4.78, 5) is 26.7. The van der Waals surface area contributed by atoms with E-state index < -0.39 is 18.1 Å². The van der Waals surface area contributed by atoms with Crippen LogP contribution in [-0.2, 0) is 10.5 Å². The number of primary amides is 1. The zero-order valence-electron chi connectivity index (χ0n) is 16.1. The molecule has 2 unspecified atom stereocenters. The van der Waals surface area contributed by atoms with E-state index in [9.17, 15) is 9.90 Å². The minimum Gasteiger partial charge on any atom is -0.391 e. The molecule has 0 bridgehead atoms. The molecule has 152 valence electrons. The van der Waals surface area contributed by atoms with Crippen LogP contribution in [0.15, 0.2) is 33.6 Å². The van der Waals surface area contributed by atoms with E-state index in [4.69, 9.17) is 15.7 Å². The monoisotopic (exact) mass is 492 g/mol. The summed E-state index contributed by atoms with van der Waals surface area (Å²) in [5.74, 6) is 1.57. The van der Waals surface area contributed by atoms with Crippen LogP contribution in [0.2, 0.25) is 0 Å². The number of carbonyl (C=O) groups is 1. The molecule has 3 aromatic rings. The largest absolute Gasteiger partial charge is 0.391 e. The molecule has 3 heterocycles. The molecule has 0 aliphatic carbocycles. The first-order valence-electron chi connectivity index (χ1n) is 9.22. The fraction of sp³-hybridized carbons (Fsp3) is 0.350. The van der Waals surface area contributed by atoms with Gasteiger partial charge in [-0.2, -0.15) is 0 Å². The van der Waals surface area contributed by atoms with Crippen molar-refractivity contribution in [2.75, 3.05) is 11.4 Å². The molecule has 1 aliphatic heterocycles. The highest BCUT2D eigenvalue weighted by atomic mass is 79.9. The maximum Gasteiger partial charge on any atom is 0.240 e. The molecule has 0 radical (unpaired) electrons. The number of nitrogens with zero attached hydrogens (tertiary/aromatic N) is 3. The first-order chi connectivity index (χ1) is 13.8. The van der Waals surface area contributed by atoms with Crippen molar-refractivity contribution >= 4 is 61.0 Å². The summed E-state index contributed by atoms with van der Waals surface area (Å²) in [7, 11) is 0. The van der Waals surface area contributed by atoms with Gasteiger partial charge in [-0.1, -0.05) is 15.9 Å². The molecule has 0 spiro atoms. The van der Waals surface area contributed by atoms with Gasteiger partial charge in [-0.3, -0.25) is 4.79 Å². The van der Waals surface area contributed by atoms with Gasteiger partial charge in [0.2, 0.25) is 5.91 Å². The van der Waals surface area contributed by atoms with Gasteiger partial charge in [0.25, 0.3) is 0 Å². The SMILES string of the molecule is Cc1sc2nc(CSc3ccc(Br)cc3)nc(N3CC(O)CC3C(N)=O)c2c1C. The van der Waals surface area contributed by atoms with E-state index in [1.165, 1.54) is 4.88 Å². The second-order valence-corrected chi connectivity index (χ2v) is 10.3. The molecule has 0 saturated carbocycles. The lowest BCUT2D eigenvalue weighted by molar-refractivity contribution is -0.119. The number of carbonyl (C=O) groups excluding carboxylic acids is 1. The van der Waals surface area contributed by atoms with Crippen LogP contribution < -0.4 is 10.6 Å². The third-order valence-electron chi connectivity index (χ3n) is 5.12. The molecule has 3 N–H and O–H groups in total. The Hall–Kier alpha value is -1.68. The summed E-state index contributed by atoms with van der Waals surface area (Å²) in [6, 6.07) is 7.55. The summed E-state index contributed by atoms with van der Waals surface area (Å²) < 4.78 is 1.04. The van der Waals surface area contributed by atoms with E-state index in [-0.39, 0.29) is 0 Å². The van der Waals surface area contributed by atoms with Crippen molar-refractivity contribution in [1.29, 1.82) is 0 Å². The number of aryl methyl sites for hydroxylation is 2. The third-order valence-corrected chi connectivity index (χ3v) is 7.75. The molecule has 1 fully saturated rings. The molecule has 6 nitrogen and oxygen atoms in total. The average molecular weight is 493 g/mol. The van der Waals surface area contributed by atoms with Crippen LogP contribution in [0.25, 0.3) is 10.2 Å². The van der Waals surface area contributed by atoms with Crippen LogP contribution in [0.4, 0.5) is 5.82 Å². The highest BCUT2D eigenvalue weighted by Gasteiger charge is 2.37. The number of amides is 1. The van der Waals surface area contributed by atoms with Gasteiger partial charge in [0.05, 0.1) is 17.2 Å². The van der Waals surface area contributed by atoms with Gasteiger partial charge < -0.3 is 15.7 Å². The minimum absolute atomic E-state index is 0.325. The quantitative estimate of drug-likeness (QED) is 0.526. The van der Waals surface area contributed by atoms with Crippen LogP contribution >= 0.6 is 39.0 Å². The van der Waals surface area contributed by atoms with Gasteiger partial charge in [0.1, 0.15) is 22.5 Å². The molecule has 1 aliphatic rings. The number of rotatable bonds is 5. The van der Waals surface area contributed by atoms with E-state index >= 15 is 0 Å². The Morgan fingerprint density at radius 3 is 2.76 bits per heavy atom. The van der Waals surface area contributed by atoms with Gasteiger partial charge in [-0.05, 0) is 43.7 Å². The summed E-state index contributed by atoms with van der Waals surface area (Å²) in [5, 5.41) is 11.1. The van der Waals surface area contributed by atoms with Crippen molar-refractivity contribution in [2.24, 2.45) is 5.73 Å². The molecule has 1 saturated heterocycles. The first-order valence-corrected chi connectivity index (χ1v) is 11.8. The number of aliphatic hydroxyl groups is 1. The summed E-state index contributed by atoms with van der Waals surface area (Å²) in [6.07, 6.45) is -0.274. The number of thioether (sulfide) groups is 1. The molecule has 4 rings (SSSR count). The standard InChI is InChI=1S/C20H21BrN4O2S2/c1-10-11(2)29-20-17(10)19(25-8-13(26)7-15(25)18(22)27)23-16(24-20)9-28-14-5-3-12(21)4-6-14/h3-6,13,15,26H,7-9H2,1-2H3,(H2,22,27). The van der Waals surface area contributed by atoms with Crippen molar-refractivity contribution in [3.63, 3.8) is 0 Å². The second kappa shape index (κ2) is 8.22. The van der Waals surface area contributed by atoms with Crippen molar-refractivity contribution < 1.29 is 9.90 Å². The van der Waals surface area contributed by atoms with Crippen LogP contribution in [0.5, 0.6) is 0 Å². The van der Waals surface area contributed by atoms with Gasteiger partial charge in [-0.15, -0.1) is 23.1 Å². The number of hydrogen-bond donors (Lipinski definition) is 2. The van der Waals surface area contributed by atoms with Crippen molar-refractivity contribution in [3.8, 4) is 0 Å². The molecular weight excluding hydrogens is 472 g/mol. The number of anilines is 1. The lowest BCUT2D eigenvalue weighted by Crippen LogP contribution is -2.41. The maximum absolute atomic E-state index is 12.0. The van der Waals surface area contributed by atoms with Crippen LogP contribution in [0.1, 0.15) is 22.7 Å². The number of nitrogens with two attached hydrogens (primary N) is 1. The average Bonchev–Trinajstić information content (AvgIpc) is 3.21. The van der Waals surface area contributed by atoms with E-state index in [1.807, 2.05) is 36.1 Å². The fourth-order valence-electron chi connectivity index (χ4n) is 3.54. The number of β-amino-alcohol motifs (C(OH)–C–C–N with tert-alkyl or cyclic N) is 1. The van der Waals surface area contributed by atoms with E-state index in [0.717, 1.165) is 25.1 Å². The Kier molecular flexibility index (Phi) is 5.83. The lowest BCUT2D eigenvalue weighted by atomic mass is 10.1. The lowest BCUT2D eigenvalue weighted by Gasteiger charge is -2.24. The second-order valence-electron chi connectivity index (χ2n) is 7.13. The highest BCUT2D eigenvalue weighted by Crippen LogP contribution is 2.38. The predicted molar refractivity (Wildman–Crippen MR) is 122 cm³/mol. The summed E-state index contributed by atoms with van der Waals surface area (Å²) in [6.45, 7) is 4.45. The Labute approximate surface area is 185 Å². The van der Waals surface area contributed by atoms with Crippen LogP contribution in [-0.4, -0.2) is 39.7 Å². The van der Waals surface area contributed by atoms with Crippen molar-refractivity contribution in [3.05, 3.63) is 45.0 Å². The van der Waals surface area contributed by atoms with Gasteiger partial charge in [0.15, 0.2) is 0 Å². The number of fused-ring (bicyclic) bond motifs is 1. The molecule has 2 atom stereocenters. The number of aromatic nitrogens is 2.